The molecule has 0 aliphatic rings. The third-order valence-electron chi connectivity index (χ3n) is 4.98. The average Bonchev–Trinajstić information content (AvgIpc) is 2.73. The Morgan fingerprint density at radius 1 is 0.733 bits per heavy atom. The largest absolute Gasteiger partial charge is 0.508 e. The first-order valence-corrected chi connectivity index (χ1v) is 11.6. The normalized spacial score (nSPS) is 13.3. The molecule has 1 rings (SSSR count). The van der Waals surface area contributed by atoms with Gasteiger partial charge in [-0.3, -0.25) is 0 Å². The van der Waals surface area contributed by atoms with E-state index >= 15 is 0 Å². The minimum atomic E-state index is -0.660. The molecule has 1 aromatic carbocycles. The summed E-state index contributed by atoms with van der Waals surface area (Å²) >= 11 is 0. The summed E-state index contributed by atoms with van der Waals surface area (Å²) in [6.07, 6.45) is 7.79. The van der Waals surface area contributed by atoms with Crippen molar-refractivity contribution in [2.75, 3.05) is 44.4 Å². The number of ether oxygens (including phenoxy) is 2. The van der Waals surface area contributed by atoms with Crippen molar-refractivity contribution in [3.05, 3.63) is 24.3 Å². The summed E-state index contributed by atoms with van der Waals surface area (Å²) < 4.78 is 11.2. The second-order valence-corrected chi connectivity index (χ2v) is 8.00. The molecule has 6 heteroatoms. The van der Waals surface area contributed by atoms with Crippen LogP contribution in [0.2, 0.25) is 0 Å². The third kappa shape index (κ3) is 13.1. The van der Waals surface area contributed by atoms with E-state index in [1.165, 1.54) is 25.7 Å². The molecule has 0 fully saturated rings. The predicted molar refractivity (Wildman–Crippen MR) is 122 cm³/mol. The molecule has 0 spiro atoms. The highest BCUT2D eigenvalue weighted by atomic mass is 16.5. The predicted octanol–water partition coefficient (Wildman–Crippen LogP) is 4.11. The zero-order chi connectivity index (χ0) is 22.0. The second-order valence-electron chi connectivity index (χ2n) is 8.00. The van der Waals surface area contributed by atoms with Crippen molar-refractivity contribution >= 4 is 5.69 Å². The molecular weight excluding hydrogens is 382 g/mol. The molecule has 0 heterocycles. The van der Waals surface area contributed by atoms with Crippen LogP contribution in [0.5, 0.6) is 5.75 Å². The Morgan fingerprint density at radius 2 is 1.20 bits per heavy atom. The molecule has 0 aliphatic heterocycles. The fraction of sp³-hybridized carbons (Fsp3) is 0.750. The van der Waals surface area contributed by atoms with E-state index in [-0.39, 0.29) is 19.0 Å². The van der Waals surface area contributed by atoms with Crippen molar-refractivity contribution in [2.45, 2.75) is 77.4 Å². The van der Waals surface area contributed by atoms with Gasteiger partial charge >= 0.3 is 0 Å². The lowest BCUT2D eigenvalue weighted by Gasteiger charge is -2.29. The minimum absolute atomic E-state index is 0.186. The van der Waals surface area contributed by atoms with Gasteiger partial charge < -0.3 is 29.7 Å². The fourth-order valence-electron chi connectivity index (χ4n) is 3.26. The van der Waals surface area contributed by atoms with Gasteiger partial charge in [-0.1, -0.05) is 52.4 Å². The van der Waals surface area contributed by atoms with Crippen LogP contribution >= 0.6 is 0 Å². The highest BCUT2D eigenvalue weighted by Gasteiger charge is 2.17. The molecule has 174 valence electrons. The van der Waals surface area contributed by atoms with Crippen LogP contribution in [0.25, 0.3) is 0 Å². The molecule has 2 unspecified atom stereocenters. The maximum atomic E-state index is 10.4. The van der Waals surface area contributed by atoms with E-state index in [4.69, 9.17) is 9.47 Å². The minimum Gasteiger partial charge on any atom is -0.508 e. The molecule has 0 radical (unpaired) electrons. The highest BCUT2D eigenvalue weighted by Crippen LogP contribution is 2.19. The topological polar surface area (TPSA) is 82.4 Å². The first-order chi connectivity index (χ1) is 14.6. The van der Waals surface area contributed by atoms with Crippen molar-refractivity contribution in [1.82, 2.24) is 0 Å². The van der Waals surface area contributed by atoms with E-state index in [1.54, 1.807) is 24.3 Å². The van der Waals surface area contributed by atoms with Crippen molar-refractivity contribution < 1.29 is 24.8 Å². The van der Waals surface area contributed by atoms with Crippen LogP contribution in [-0.2, 0) is 9.47 Å². The molecule has 6 nitrogen and oxygen atoms in total. The second kappa shape index (κ2) is 17.4. The van der Waals surface area contributed by atoms with E-state index in [0.29, 0.717) is 26.3 Å². The smallest absolute Gasteiger partial charge is 0.115 e. The molecule has 3 N–H and O–H groups in total. The number of aliphatic hydroxyl groups is 2. The van der Waals surface area contributed by atoms with Gasteiger partial charge in [0.05, 0.1) is 25.4 Å². The summed E-state index contributed by atoms with van der Waals surface area (Å²) in [5, 5.41) is 30.4. The maximum absolute atomic E-state index is 10.4. The molecule has 2 atom stereocenters. The van der Waals surface area contributed by atoms with E-state index in [0.717, 1.165) is 31.4 Å². The Hall–Kier alpha value is -1.34. The van der Waals surface area contributed by atoms with Crippen LogP contribution in [-0.4, -0.2) is 67.0 Å². The van der Waals surface area contributed by atoms with Gasteiger partial charge in [0, 0.05) is 32.0 Å². The number of anilines is 1. The van der Waals surface area contributed by atoms with Gasteiger partial charge in [-0.15, -0.1) is 0 Å². The van der Waals surface area contributed by atoms with E-state index in [2.05, 4.69) is 13.8 Å². The summed E-state index contributed by atoms with van der Waals surface area (Å²) in [6, 6.07) is 6.78. The standard InChI is InChI=1S/C24H43NO5/c1-3-5-7-9-15-29-19-23(27)17-25(21-11-13-22(26)14-12-21)18-24(28)20-30-16-10-8-6-4-2/h11-14,23-24,26-28H,3-10,15-20H2,1-2H3. The van der Waals surface area contributed by atoms with E-state index < -0.39 is 12.2 Å². The summed E-state index contributed by atoms with van der Waals surface area (Å²) in [7, 11) is 0. The summed E-state index contributed by atoms with van der Waals surface area (Å²) in [6.45, 7) is 6.88. The Morgan fingerprint density at radius 3 is 1.63 bits per heavy atom. The summed E-state index contributed by atoms with van der Waals surface area (Å²) in [5.41, 5.74) is 0.830. The number of unbranched alkanes of at least 4 members (excludes halogenated alkanes) is 6. The number of phenolic OH excluding ortho intramolecular Hbond substituents is 1. The molecule has 0 aromatic heterocycles. The molecule has 0 aliphatic carbocycles. The van der Waals surface area contributed by atoms with Crippen molar-refractivity contribution in [2.24, 2.45) is 0 Å². The van der Waals surface area contributed by atoms with Crippen LogP contribution in [0.1, 0.15) is 65.2 Å². The number of hydrogen-bond donors (Lipinski definition) is 3. The molecule has 30 heavy (non-hydrogen) atoms. The van der Waals surface area contributed by atoms with Gasteiger partial charge in [-0.2, -0.15) is 0 Å². The first kappa shape index (κ1) is 26.7. The van der Waals surface area contributed by atoms with Crippen LogP contribution in [0.3, 0.4) is 0 Å². The SMILES string of the molecule is CCCCCCOCC(O)CN(CC(O)COCCCCCC)c1ccc(O)cc1. The van der Waals surface area contributed by atoms with Crippen molar-refractivity contribution in [3.63, 3.8) is 0 Å². The van der Waals surface area contributed by atoms with Gasteiger partial charge in [0.25, 0.3) is 0 Å². The van der Waals surface area contributed by atoms with Gasteiger partial charge in [-0.05, 0) is 37.1 Å². The van der Waals surface area contributed by atoms with Crippen LogP contribution in [0.4, 0.5) is 5.69 Å². The van der Waals surface area contributed by atoms with Crippen LogP contribution in [0, 0.1) is 0 Å². The molecule has 0 saturated heterocycles. The van der Waals surface area contributed by atoms with Crippen LogP contribution in [0.15, 0.2) is 24.3 Å². The molecule has 0 saturated carbocycles. The van der Waals surface area contributed by atoms with Gasteiger partial charge in [0.2, 0.25) is 0 Å². The van der Waals surface area contributed by atoms with Gasteiger partial charge in [0.15, 0.2) is 0 Å². The molecular formula is C24H43NO5. The highest BCUT2D eigenvalue weighted by molar-refractivity contribution is 5.49. The summed E-state index contributed by atoms with van der Waals surface area (Å²) in [5.74, 6) is 0.186. The van der Waals surface area contributed by atoms with Crippen molar-refractivity contribution in [1.29, 1.82) is 0 Å². The quantitative estimate of drug-likeness (QED) is 0.289. The number of aromatic hydroxyl groups is 1. The van der Waals surface area contributed by atoms with Gasteiger partial charge in [0.1, 0.15) is 5.75 Å². The van der Waals surface area contributed by atoms with E-state index in [1.807, 2.05) is 4.90 Å². The number of aliphatic hydroxyl groups excluding tert-OH is 2. The first-order valence-electron chi connectivity index (χ1n) is 11.6. The maximum Gasteiger partial charge on any atom is 0.115 e. The number of rotatable bonds is 19. The monoisotopic (exact) mass is 425 g/mol. The zero-order valence-electron chi connectivity index (χ0n) is 19.0. The van der Waals surface area contributed by atoms with Crippen molar-refractivity contribution in [3.8, 4) is 5.75 Å². The Kier molecular flexibility index (Phi) is 15.4. The molecule has 1 aromatic rings. The zero-order valence-corrected chi connectivity index (χ0v) is 19.0. The Bertz CT molecular complexity index is 487. The number of benzene rings is 1. The lowest BCUT2D eigenvalue weighted by atomic mass is 10.2. The average molecular weight is 426 g/mol. The number of phenols is 1. The molecule has 0 bridgehead atoms. The third-order valence-corrected chi connectivity index (χ3v) is 4.98. The van der Waals surface area contributed by atoms with Crippen LogP contribution < -0.4 is 4.90 Å². The Balaban J connectivity index is 2.45. The lowest BCUT2D eigenvalue weighted by molar-refractivity contribution is 0.0284. The Labute approximate surface area is 182 Å². The number of hydrogen-bond acceptors (Lipinski definition) is 6. The van der Waals surface area contributed by atoms with E-state index in [9.17, 15) is 15.3 Å². The fourth-order valence-corrected chi connectivity index (χ4v) is 3.26. The van der Waals surface area contributed by atoms with Gasteiger partial charge in [-0.25, -0.2) is 0 Å². The molecule has 0 amide bonds. The summed E-state index contributed by atoms with van der Waals surface area (Å²) in [4.78, 5) is 1.91. The lowest BCUT2D eigenvalue weighted by Crippen LogP contribution is -2.41. The number of nitrogens with zero attached hydrogens (tertiary/aromatic N) is 1.